The fourth-order valence-electron chi connectivity index (χ4n) is 3.28. The van der Waals surface area contributed by atoms with Crippen LogP contribution in [0.4, 0.5) is 0 Å². The molecule has 0 amide bonds. The second-order valence-electron chi connectivity index (χ2n) is 5.36. The van der Waals surface area contributed by atoms with Crippen LogP contribution in [0.2, 0.25) is 0 Å². The maximum absolute atomic E-state index is 12.3. The SMILES string of the molecule is C=CCCC(=O)[C@H]1CC2C=C[C@]1(CC=C)C(=O)C2. The predicted octanol–water partition coefficient (Wildman–Crippen LogP) is 3.25. The standard InChI is InChI=1S/C16H20O2/c1-3-5-6-14(17)13-10-12-7-9-16(13,8-4-2)15(18)11-12/h3-4,7,9,12-13H,1-2,5-6,8,10-11H2/t12?,13-,16+/m1/s1. The Morgan fingerprint density at radius 3 is 2.83 bits per heavy atom. The Morgan fingerprint density at radius 2 is 2.22 bits per heavy atom. The first-order chi connectivity index (χ1) is 8.64. The van der Waals surface area contributed by atoms with Crippen LogP contribution in [0.15, 0.2) is 37.5 Å². The van der Waals surface area contributed by atoms with Gasteiger partial charge in [-0.25, -0.2) is 0 Å². The van der Waals surface area contributed by atoms with E-state index in [0.29, 0.717) is 25.7 Å². The molecule has 0 heterocycles. The smallest absolute Gasteiger partial charge is 0.144 e. The van der Waals surface area contributed by atoms with E-state index in [-0.39, 0.29) is 23.4 Å². The van der Waals surface area contributed by atoms with Crippen LogP contribution in [0.5, 0.6) is 0 Å². The Bertz CT molecular complexity index is 419. The summed E-state index contributed by atoms with van der Waals surface area (Å²) >= 11 is 0. The lowest BCUT2D eigenvalue weighted by atomic mass is 9.55. The minimum atomic E-state index is -0.589. The zero-order chi connectivity index (χ0) is 13.2. The average molecular weight is 244 g/mol. The largest absolute Gasteiger partial charge is 0.299 e. The first-order valence-corrected chi connectivity index (χ1v) is 6.61. The van der Waals surface area contributed by atoms with Crippen molar-refractivity contribution >= 4 is 11.6 Å². The fraction of sp³-hybridized carbons (Fsp3) is 0.500. The van der Waals surface area contributed by atoms with Crippen LogP contribution in [-0.2, 0) is 9.59 Å². The summed E-state index contributed by atoms with van der Waals surface area (Å²) in [7, 11) is 0. The van der Waals surface area contributed by atoms with Gasteiger partial charge >= 0.3 is 0 Å². The summed E-state index contributed by atoms with van der Waals surface area (Å²) in [6, 6.07) is 0. The maximum atomic E-state index is 12.3. The number of hydrogen-bond donors (Lipinski definition) is 0. The number of carbonyl (C=O) groups is 2. The van der Waals surface area contributed by atoms with E-state index in [0.717, 1.165) is 6.42 Å². The topological polar surface area (TPSA) is 34.1 Å². The highest BCUT2D eigenvalue weighted by atomic mass is 16.1. The molecule has 1 fully saturated rings. The van der Waals surface area contributed by atoms with Crippen molar-refractivity contribution in [2.75, 3.05) is 0 Å². The van der Waals surface area contributed by atoms with Gasteiger partial charge in [-0.3, -0.25) is 9.59 Å². The van der Waals surface area contributed by atoms with Crippen LogP contribution in [0.25, 0.3) is 0 Å². The molecule has 3 aliphatic carbocycles. The Kier molecular flexibility index (Phi) is 3.65. The molecule has 0 aromatic carbocycles. The predicted molar refractivity (Wildman–Crippen MR) is 72.0 cm³/mol. The van der Waals surface area contributed by atoms with Gasteiger partial charge in [0, 0.05) is 18.8 Å². The van der Waals surface area contributed by atoms with Crippen LogP contribution in [0.3, 0.4) is 0 Å². The van der Waals surface area contributed by atoms with Crippen molar-refractivity contribution < 1.29 is 9.59 Å². The first kappa shape index (κ1) is 13.0. The third-order valence-corrected chi connectivity index (χ3v) is 4.26. The third-order valence-electron chi connectivity index (χ3n) is 4.26. The molecule has 1 saturated carbocycles. The van der Waals surface area contributed by atoms with Gasteiger partial charge in [0.25, 0.3) is 0 Å². The quantitative estimate of drug-likeness (QED) is 0.672. The van der Waals surface area contributed by atoms with Crippen LogP contribution < -0.4 is 0 Å². The highest BCUT2D eigenvalue weighted by molar-refractivity contribution is 5.96. The molecule has 0 radical (unpaired) electrons. The average Bonchev–Trinajstić information content (AvgIpc) is 2.37. The summed E-state index contributed by atoms with van der Waals surface area (Å²) < 4.78 is 0. The minimum absolute atomic E-state index is 0.147. The molecule has 1 unspecified atom stereocenters. The van der Waals surface area contributed by atoms with Crippen LogP contribution in [0.1, 0.15) is 32.1 Å². The van der Waals surface area contributed by atoms with E-state index >= 15 is 0 Å². The lowest BCUT2D eigenvalue weighted by Crippen LogP contribution is -2.49. The monoisotopic (exact) mass is 244 g/mol. The Balaban J connectivity index is 2.27. The molecule has 96 valence electrons. The van der Waals surface area contributed by atoms with Gasteiger partial charge in [-0.1, -0.05) is 24.3 Å². The van der Waals surface area contributed by atoms with E-state index in [9.17, 15) is 9.59 Å². The molecule has 2 heteroatoms. The molecule has 2 bridgehead atoms. The van der Waals surface area contributed by atoms with Gasteiger partial charge in [-0.2, -0.15) is 0 Å². The second-order valence-corrected chi connectivity index (χ2v) is 5.36. The van der Waals surface area contributed by atoms with E-state index in [1.165, 1.54) is 0 Å². The minimum Gasteiger partial charge on any atom is -0.299 e. The van der Waals surface area contributed by atoms with Gasteiger partial charge in [0.1, 0.15) is 11.6 Å². The fourth-order valence-corrected chi connectivity index (χ4v) is 3.28. The molecule has 0 saturated heterocycles. The van der Waals surface area contributed by atoms with E-state index in [4.69, 9.17) is 0 Å². The summed E-state index contributed by atoms with van der Waals surface area (Å²) in [6.07, 6.45) is 10.8. The molecule has 3 aliphatic rings. The van der Waals surface area contributed by atoms with Crippen molar-refractivity contribution in [1.29, 1.82) is 0 Å². The van der Waals surface area contributed by atoms with Crippen LogP contribution in [0, 0.1) is 17.3 Å². The molecule has 0 aromatic heterocycles. The van der Waals surface area contributed by atoms with Gasteiger partial charge in [0.2, 0.25) is 0 Å². The Morgan fingerprint density at radius 1 is 1.44 bits per heavy atom. The van der Waals surface area contributed by atoms with Gasteiger partial charge in [-0.15, -0.1) is 13.2 Å². The molecular formula is C16H20O2. The lowest BCUT2D eigenvalue weighted by molar-refractivity contribution is -0.142. The number of Topliss-reactive ketones (excluding diaryl/α,β-unsaturated/α-hetero) is 2. The van der Waals surface area contributed by atoms with Gasteiger partial charge in [0.15, 0.2) is 0 Å². The summed E-state index contributed by atoms with van der Waals surface area (Å²) in [5, 5.41) is 0. The van der Waals surface area contributed by atoms with Gasteiger partial charge in [0.05, 0.1) is 5.41 Å². The zero-order valence-corrected chi connectivity index (χ0v) is 10.7. The Labute approximate surface area is 108 Å². The normalized spacial score (nSPS) is 33.4. The molecule has 0 spiro atoms. The molecule has 3 rings (SSSR count). The number of rotatable bonds is 6. The lowest BCUT2D eigenvalue weighted by Gasteiger charge is -2.45. The van der Waals surface area contributed by atoms with E-state index in [1.807, 2.05) is 6.08 Å². The molecule has 0 N–H and O–H groups in total. The summed E-state index contributed by atoms with van der Waals surface area (Å²) in [5.41, 5.74) is -0.589. The number of fused-ring (bicyclic) bond motifs is 2. The van der Waals surface area contributed by atoms with Gasteiger partial charge in [-0.05, 0) is 25.2 Å². The highest BCUT2D eigenvalue weighted by Crippen LogP contribution is 2.50. The summed E-state index contributed by atoms with van der Waals surface area (Å²) in [4.78, 5) is 24.6. The number of carbonyl (C=O) groups excluding carboxylic acids is 2. The summed E-state index contributed by atoms with van der Waals surface area (Å²) in [5.74, 6) is 0.547. The number of allylic oxidation sites excluding steroid dienone is 4. The Hall–Kier alpha value is -1.44. The van der Waals surface area contributed by atoms with Crippen molar-refractivity contribution in [3.05, 3.63) is 37.5 Å². The zero-order valence-electron chi connectivity index (χ0n) is 10.7. The molecule has 3 atom stereocenters. The van der Waals surface area contributed by atoms with E-state index < -0.39 is 5.41 Å². The maximum Gasteiger partial charge on any atom is 0.144 e. The van der Waals surface area contributed by atoms with E-state index in [1.54, 1.807) is 12.2 Å². The van der Waals surface area contributed by atoms with E-state index in [2.05, 4.69) is 19.2 Å². The van der Waals surface area contributed by atoms with Crippen LogP contribution >= 0.6 is 0 Å². The second kappa shape index (κ2) is 5.05. The van der Waals surface area contributed by atoms with Gasteiger partial charge < -0.3 is 0 Å². The molecule has 2 nitrogen and oxygen atoms in total. The van der Waals surface area contributed by atoms with Crippen molar-refractivity contribution in [1.82, 2.24) is 0 Å². The molecular weight excluding hydrogens is 224 g/mol. The first-order valence-electron chi connectivity index (χ1n) is 6.61. The van der Waals surface area contributed by atoms with Crippen molar-refractivity contribution in [3.8, 4) is 0 Å². The van der Waals surface area contributed by atoms with Crippen LogP contribution in [-0.4, -0.2) is 11.6 Å². The number of hydrogen-bond acceptors (Lipinski definition) is 2. The highest BCUT2D eigenvalue weighted by Gasteiger charge is 2.52. The molecule has 0 aliphatic heterocycles. The number of ketones is 2. The molecule has 18 heavy (non-hydrogen) atoms. The third kappa shape index (κ3) is 2.00. The van der Waals surface area contributed by atoms with Crippen molar-refractivity contribution in [2.45, 2.75) is 32.1 Å². The summed E-state index contributed by atoms with van der Waals surface area (Å²) in [6.45, 7) is 7.39. The molecule has 0 aromatic rings. The van der Waals surface area contributed by atoms with Crippen molar-refractivity contribution in [2.24, 2.45) is 17.3 Å². The van der Waals surface area contributed by atoms with Crippen molar-refractivity contribution in [3.63, 3.8) is 0 Å².